The summed E-state index contributed by atoms with van der Waals surface area (Å²) in [5, 5.41) is 4.91. The Morgan fingerprint density at radius 2 is 1.00 bits per heavy atom. The molecule has 0 amide bonds. The van der Waals surface area contributed by atoms with Gasteiger partial charge in [-0.2, -0.15) is 0 Å². The van der Waals surface area contributed by atoms with Crippen molar-refractivity contribution in [1.29, 1.82) is 0 Å². The van der Waals surface area contributed by atoms with Gasteiger partial charge in [-0.25, -0.2) is 0 Å². The monoisotopic (exact) mass is 783 g/mol. The first-order chi connectivity index (χ1) is 30.3. The van der Waals surface area contributed by atoms with Crippen molar-refractivity contribution in [2.45, 2.75) is 43.4 Å². The van der Waals surface area contributed by atoms with E-state index in [2.05, 4.69) is 211 Å². The van der Waals surface area contributed by atoms with Crippen molar-refractivity contribution < 1.29 is 4.42 Å². The molecule has 1 heterocycles. The molecule has 0 atom stereocenters. The van der Waals surface area contributed by atoms with Crippen LogP contribution in [0.3, 0.4) is 0 Å². The fraction of sp³-hybridized carbons (Fsp3) is 0.119. The lowest BCUT2D eigenvalue weighted by Crippen LogP contribution is -2.28. The van der Waals surface area contributed by atoms with E-state index >= 15 is 0 Å². The third-order valence-corrected chi connectivity index (χ3v) is 13.8. The minimum Gasteiger partial charge on any atom is -0.454 e. The highest BCUT2D eigenvalue weighted by molar-refractivity contribution is 6.11. The number of fused-ring (bicyclic) bond motifs is 7. The largest absolute Gasteiger partial charge is 0.454 e. The average molecular weight is 784 g/mol. The molecule has 1 aromatic heterocycles. The summed E-state index contributed by atoms with van der Waals surface area (Å²) in [5.41, 5.74) is 16.2. The summed E-state index contributed by atoms with van der Waals surface area (Å²) in [6.07, 6.45) is 6.44. The van der Waals surface area contributed by atoms with Crippen LogP contribution in [0.25, 0.3) is 55.0 Å². The maximum absolute atomic E-state index is 6.84. The minimum atomic E-state index is -0.479. The molecular formula is C59H45NO. The first-order valence-corrected chi connectivity index (χ1v) is 22.0. The van der Waals surface area contributed by atoms with Crippen LogP contribution in [0.4, 0.5) is 17.1 Å². The topological polar surface area (TPSA) is 16.4 Å². The lowest BCUT2D eigenvalue weighted by atomic mass is 9.68. The van der Waals surface area contributed by atoms with E-state index in [-0.39, 0.29) is 0 Å². The summed E-state index contributed by atoms with van der Waals surface area (Å²) in [5.74, 6) is 0.571. The Kier molecular flexibility index (Phi) is 8.52. The van der Waals surface area contributed by atoms with E-state index < -0.39 is 5.41 Å². The molecule has 61 heavy (non-hydrogen) atoms. The quantitative estimate of drug-likeness (QED) is 0.160. The Morgan fingerprint density at radius 1 is 0.426 bits per heavy atom. The van der Waals surface area contributed by atoms with Crippen molar-refractivity contribution in [3.8, 4) is 22.3 Å². The maximum atomic E-state index is 6.84. The zero-order chi connectivity index (χ0) is 40.3. The number of hydrogen-bond donors (Lipinski definition) is 0. The number of anilines is 3. The molecule has 0 aliphatic heterocycles. The minimum absolute atomic E-state index is 0.479. The van der Waals surface area contributed by atoms with E-state index in [9.17, 15) is 0 Å². The van der Waals surface area contributed by atoms with Crippen LogP contribution >= 0.6 is 0 Å². The first kappa shape index (κ1) is 35.8. The van der Waals surface area contributed by atoms with Gasteiger partial charge in [0.2, 0.25) is 0 Å². The summed E-state index contributed by atoms with van der Waals surface area (Å²) in [4.78, 5) is 2.44. The molecule has 0 spiro atoms. The van der Waals surface area contributed by atoms with Gasteiger partial charge in [-0.3, -0.25) is 0 Å². The lowest BCUT2D eigenvalue weighted by molar-refractivity contribution is 0.445. The molecule has 2 aliphatic carbocycles. The van der Waals surface area contributed by atoms with Gasteiger partial charge >= 0.3 is 0 Å². The molecule has 2 aliphatic rings. The van der Waals surface area contributed by atoms with Crippen LogP contribution in [-0.4, -0.2) is 0 Å². The van der Waals surface area contributed by atoms with Crippen LogP contribution in [0.2, 0.25) is 0 Å². The number of furan rings is 1. The third kappa shape index (κ3) is 5.55. The van der Waals surface area contributed by atoms with E-state index in [1.165, 1.54) is 92.9 Å². The predicted molar refractivity (Wildman–Crippen MR) is 254 cm³/mol. The second-order valence-corrected chi connectivity index (χ2v) is 16.9. The summed E-state index contributed by atoms with van der Waals surface area (Å²) in [6.45, 7) is 0. The van der Waals surface area contributed by atoms with Crippen LogP contribution in [0, 0.1) is 0 Å². The molecule has 0 saturated heterocycles. The molecule has 0 unspecified atom stereocenters. The molecule has 2 heteroatoms. The molecule has 0 radical (unpaired) electrons. The van der Waals surface area contributed by atoms with E-state index in [4.69, 9.17) is 4.42 Å². The highest BCUT2D eigenvalue weighted by atomic mass is 16.3. The number of rotatable bonds is 7. The molecule has 292 valence electrons. The summed E-state index contributed by atoms with van der Waals surface area (Å²) in [7, 11) is 0. The molecule has 1 fully saturated rings. The van der Waals surface area contributed by atoms with Crippen molar-refractivity contribution in [1.82, 2.24) is 0 Å². The van der Waals surface area contributed by atoms with E-state index in [1.54, 1.807) is 0 Å². The van der Waals surface area contributed by atoms with Crippen molar-refractivity contribution in [3.05, 3.63) is 234 Å². The average Bonchev–Trinajstić information content (AvgIpc) is 3.87. The molecule has 2 nitrogen and oxygen atoms in total. The molecular weight excluding hydrogens is 739 g/mol. The van der Waals surface area contributed by atoms with Crippen LogP contribution in [0.15, 0.2) is 211 Å². The van der Waals surface area contributed by atoms with Gasteiger partial charge in [0, 0.05) is 22.0 Å². The summed E-state index contributed by atoms with van der Waals surface area (Å²) >= 11 is 0. The number of para-hydroxylation sites is 3. The van der Waals surface area contributed by atoms with Crippen molar-refractivity contribution in [2.75, 3.05) is 4.90 Å². The standard InChI is InChI=1S/C59H45NO/c1-3-18-40(19-4-1)45-28-15-20-41-21-16-29-50(57(41)45)48-26-9-13-33-54(48)60(55-34-17-30-51-49-27-10-14-35-56(49)61-58(51)55)44-38-36-43(37-39-44)59(42-22-5-2-6-23-42)52-31-11-7-24-46(52)47-25-8-12-32-53(47)59/h2,5-17,20-40H,1,3-4,18-19H2. The smallest absolute Gasteiger partial charge is 0.159 e. The Labute approximate surface area is 357 Å². The van der Waals surface area contributed by atoms with E-state index in [1.807, 2.05) is 0 Å². The van der Waals surface area contributed by atoms with Gasteiger partial charge in [-0.15, -0.1) is 0 Å². The zero-order valence-corrected chi connectivity index (χ0v) is 34.1. The van der Waals surface area contributed by atoms with E-state index in [0.717, 1.165) is 39.0 Å². The lowest BCUT2D eigenvalue weighted by Gasteiger charge is -2.34. The highest BCUT2D eigenvalue weighted by Gasteiger charge is 2.45. The second kappa shape index (κ2) is 14.5. The van der Waals surface area contributed by atoms with Crippen LogP contribution in [0.1, 0.15) is 65.8 Å². The van der Waals surface area contributed by atoms with Gasteiger partial charge < -0.3 is 9.32 Å². The number of benzene rings is 9. The predicted octanol–water partition coefficient (Wildman–Crippen LogP) is 16.3. The molecule has 0 bridgehead atoms. The van der Waals surface area contributed by atoms with Gasteiger partial charge in [0.25, 0.3) is 0 Å². The molecule has 10 aromatic rings. The third-order valence-electron chi connectivity index (χ3n) is 13.8. The van der Waals surface area contributed by atoms with Crippen molar-refractivity contribution in [2.24, 2.45) is 0 Å². The van der Waals surface area contributed by atoms with Crippen molar-refractivity contribution in [3.63, 3.8) is 0 Å². The molecule has 9 aromatic carbocycles. The van der Waals surface area contributed by atoms with Gasteiger partial charge in [-0.1, -0.05) is 195 Å². The number of nitrogens with zero attached hydrogens (tertiary/aromatic N) is 1. The van der Waals surface area contributed by atoms with Gasteiger partial charge in [-0.05, 0) is 104 Å². The second-order valence-electron chi connectivity index (χ2n) is 16.9. The molecule has 1 saturated carbocycles. The fourth-order valence-corrected chi connectivity index (χ4v) is 11.1. The SMILES string of the molecule is c1ccc(C2(c3ccc(N(c4ccccc4-c4cccc5cccc(C6CCCCC6)c45)c4cccc5c4oc4ccccc45)cc3)c3ccccc3-c3ccccc32)cc1. The fourth-order valence-electron chi connectivity index (χ4n) is 11.1. The maximum Gasteiger partial charge on any atom is 0.159 e. The first-order valence-electron chi connectivity index (χ1n) is 22.0. The Hall–Kier alpha value is -7.16. The van der Waals surface area contributed by atoms with Crippen LogP contribution < -0.4 is 4.90 Å². The van der Waals surface area contributed by atoms with E-state index in [0.29, 0.717) is 5.92 Å². The molecule has 12 rings (SSSR count). The Balaban J connectivity index is 1.10. The normalized spacial score (nSPS) is 14.6. The van der Waals surface area contributed by atoms with Gasteiger partial charge in [0.1, 0.15) is 5.58 Å². The summed E-state index contributed by atoms with van der Waals surface area (Å²) in [6, 6.07) is 76.2. The highest BCUT2D eigenvalue weighted by Crippen LogP contribution is 2.56. The number of hydrogen-bond acceptors (Lipinski definition) is 2. The summed E-state index contributed by atoms with van der Waals surface area (Å²) < 4.78 is 6.84. The Morgan fingerprint density at radius 3 is 1.77 bits per heavy atom. The Bertz CT molecular complexity index is 3190. The van der Waals surface area contributed by atoms with Gasteiger partial charge in [0.15, 0.2) is 5.58 Å². The van der Waals surface area contributed by atoms with Crippen LogP contribution in [0.5, 0.6) is 0 Å². The molecule has 0 N–H and O–H groups in total. The van der Waals surface area contributed by atoms with Gasteiger partial charge in [0.05, 0.1) is 16.8 Å². The van der Waals surface area contributed by atoms with Crippen LogP contribution in [-0.2, 0) is 5.41 Å². The zero-order valence-electron chi connectivity index (χ0n) is 34.1. The van der Waals surface area contributed by atoms with Crippen molar-refractivity contribution >= 4 is 49.8 Å².